The van der Waals surface area contributed by atoms with Gasteiger partial charge in [-0.25, -0.2) is 0 Å². The Morgan fingerprint density at radius 1 is 1.04 bits per heavy atom. The molecule has 0 fully saturated rings. The van der Waals surface area contributed by atoms with Crippen molar-refractivity contribution in [1.82, 2.24) is 0 Å². The first kappa shape index (κ1) is 19.0. The molecule has 0 aliphatic rings. The predicted octanol–water partition coefficient (Wildman–Crippen LogP) is 6.48. The molecule has 0 spiro atoms. The highest BCUT2D eigenvalue weighted by atomic mass is 79.9. The summed E-state index contributed by atoms with van der Waals surface area (Å²) in [5.74, 6) is 0.940. The molecule has 3 heteroatoms. The lowest BCUT2D eigenvalue weighted by atomic mass is 9.80. The topological polar surface area (TPSA) is 9.23 Å². The highest BCUT2D eigenvalue weighted by Crippen LogP contribution is 2.42. The quantitative estimate of drug-likeness (QED) is 0.531. The minimum atomic E-state index is -1.24. The fourth-order valence-corrected chi connectivity index (χ4v) is 4.04. The fourth-order valence-electron chi connectivity index (χ4n) is 2.73. The Kier molecular flexibility index (Phi) is 5.77. The van der Waals surface area contributed by atoms with E-state index in [1.54, 1.807) is 0 Å². The van der Waals surface area contributed by atoms with Gasteiger partial charge in [0, 0.05) is 5.56 Å². The van der Waals surface area contributed by atoms with Gasteiger partial charge in [-0.15, -0.1) is 0 Å². The van der Waals surface area contributed by atoms with Crippen LogP contribution in [0.5, 0.6) is 5.75 Å². The number of aryl methyl sites for hydroxylation is 1. The van der Waals surface area contributed by atoms with Crippen LogP contribution in [0.4, 0.5) is 0 Å². The van der Waals surface area contributed by atoms with E-state index in [0.29, 0.717) is 0 Å². The second kappa shape index (κ2) is 7.28. The van der Waals surface area contributed by atoms with Crippen LogP contribution in [-0.4, -0.2) is 9.04 Å². The Labute approximate surface area is 156 Å². The van der Waals surface area contributed by atoms with Crippen LogP contribution in [0, 0.1) is 6.92 Å². The Morgan fingerprint density at radius 3 is 2.12 bits per heavy atom. The maximum Gasteiger partial charge on any atom is 0.229 e. The van der Waals surface area contributed by atoms with E-state index in [4.69, 9.17) is 4.43 Å². The van der Waals surface area contributed by atoms with Crippen LogP contribution in [0.25, 0.3) is 5.57 Å². The molecule has 2 aromatic carbocycles. The Hall–Kier alpha value is -1.32. The van der Waals surface area contributed by atoms with E-state index in [1.807, 2.05) is 0 Å². The molecule has 0 bridgehead atoms. The molecule has 0 aliphatic carbocycles. The van der Waals surface area contributed by atoms with Crippen LogP contribution < -0.4 is 4.43 Å². The van der Waals surface area contributed by atoms with Crippen LogP contribution in [-0.2, 0) is 5.41 Å². The van der Waals surface area contributed by atoms with Crippen molar-refractivity contribution in [3.63, 3.8) is 0 Å². The van der Waals surface area contributed by atoms with E-state index < -0.39 is 9.04 Å². The summed E-state index contributed by atoms with van der Waals surface area (Å²) in [7, 11) is -1.24. The minimum Gasteiger partial charge on any atom is -0.546 e. The summed E-state index contributed by atoms with van der Waals surface area (Å²) in [5.41, 5.74) is 5.82. The highest BCUT2D eigenvalue weighted by molar-refractivity contribution is 9.10. The molecular weight excluding hydrogens is 376 g/mol. The molecule has 128 valence electrons. The molecule has 0 heterocycles. The number of rotatable bonds is 4. The van der Waals surface area contributed by atoms with E-state index in [2.05, 4.69) is 99.7 Å². The largest absolute Gasteiger partial charge is 0.546 e. The third-order valence-electron chi connectivity index (χ3n) is 3.97. The van der Waals surface area contributed by atoms with Crippen LogP contribution >= 0.6 is 15.9 Å². The third kappa shape index (κ3) is 4.20. The molecule has 0 aromatic heterocycles. The summed E-state index contributed by atoms with van der Waals surface area (Å²) in [6.07, 6.45) is 0. The number of benzene rings is 2. The molecule has 0 N–H and O–H groups in total. The van der Waals surface area contributed by atoms with Gasteiger partial charge in [0.25, 0.3) is 0 Å². The van der Waals surface area contributed by atoms with Crippen molar-refractivity contribution in [2.24, 2.45) is 0 Å². The molecule has 0 radical (unpaired) electrons. The predicted molar refractivity (Wildman–Crippen MR) is 112 cm³/mol. The summed E-state index contributed by atoms with van der Waals surface area (Å²) < 4.78 is 7.31. The summed E-state index contributed by atoms with van der Waals surface area (Å²) in [6, 6.07) is 12.8. The lowest BCUT2D eigenvalue weighted by Crippen LogP contribution is -2.18. The normalized spacial score (nSPS) is 11.7. The molecule has 0 atom stereocenters. The molecule has 2 rings (SSSR count). The zero-order valence-electron chi connectivity index (χ0n) is 15.5. The van der Waals surface area contributed by atoms with Gasteiger partial charge < -0.3 is 4.43 Å². The summed E-state index contributed by atoms with van der Waals surface area (Å²) in [5, 5.41) is 0. The van der Waals surface area contributed by atoms with Crippen LogP contribution in [0.15, 0.2) is 47.4 Å². The Balaban J connectivity index is 2.70. The van der Waals surface area contributed by atoms with E-state index in [1.165, 1.54) is 11.1 Å². The first-order chi connectivity index (χ1) is 11.1. The monoisotopic (exact) mass is 402 g/mol. The third-order valence-corrected chi connectivity index (χ3v) is 5.30. The second-order valence-corrected chi connectivity index (χ2v) is 10.7. The van der Waals surface area contributed by atoms with Crippen molar-refractivity contribution >= 4 is 30.5 Å². The van der Waals surface area contributed by atoms with Gasteiger partial charge in [-0.2, -0.15) is 0 Å². The lowest BCUT2D eigenvalue weighted by Gasteiger charge is -2.28. The van der Waals surface area contributed by atoms with Gasteiger partial charge in [0.15, 0.2) is 0 Å². The zero-order valence-corrected chi connectivity index (χ0v) is 18.3. The Morgan fingerprint density at radius 2 is 1.62 bits per heavy atom. The average Bonchev–Trinajstić information content (AvgIpc) is 2.47. The van der Waals surface area contributed by atoms with Crippen LogP contribution in [0.1, 0.15) is 43.0 Å². The first-order valence-corrected chi connectivity index (χ1v) is 11.9. The smallest absolute Gasteiger partial charge is 0.229 e. The van der Waals surface area contributed by atoms with Gasteiger partial charge in [0.1, 0.15) is 5.75 Å². The summed E-state index contributed by atoms with van der Waals surface area (Å²) in [6.45, 7) is 17.6. The number of hydrogen-bond acceptors (Lipinski definition) is 1. The van der Waals surface area contributed by atoms with E-state index >= 15 is 0 Å². The molecule has 24 heavy (non-hydrogen) atoms. The molecular formula is C21H27BrOSi. The number of halogens is 1. The van der Waals surface area contributed by atoms with Crippen molar-refractivity contribution in [2.75, 3.05) is 0 Å². The number of hydrogen-bond donors (Lipinski definition) is 0. The van der Waals surface area contributed by atoms with Crippen LogP contribution in [0.3, 0.4) is 0 Å². The minimum absolute atomic E-state index is 0.0142. The molecule has 0 unspecified atom stereocenters. The summed E-state index contributed by atoms with van der Waals surface area (Å²) >= 11 is 3.69. The van der Waals surface area contributed by atoms with E-state index in [0.717, 1.165) is 26.9 Å². The first-order valence-electron chi connectivity index (χ1n) is 8.37. The standard InChI is InChI=1S/C21H27BrOSi/c1-14-8-10-16(11-9-14)15(2)19-17(21(3,4)5)12-13-18(22)20(19)23-24(6)7/h8-13,24H,2H2,1,3-7H3. The zero-order chi connectivity index (χ0) is 18.1. The molecule has 2 aromatic rings. The Bertz CT molecular complexity index is 740. The van der Waals surface area contributed by atoms with Gasteiger partial charge >= 0.3 is 0 Å². The van der Waals surface area contributed by atoms with Gasteiger partial charge in [0.05, 0.1) is 4.47 Å². The summed E-state index contributed by atoms with van der Waals surface area (Å²) in [4.78, 5) is 0. The van der Waals surface area contributed by atoms with Crippen molar-refractivity contribution in [1.29, 1.82) is 0 Å². The maximum atomic E-state index is 6.31. The second-order valence-electron chi connectivity index (χ2n) is 7.56. The highest BCUT2D eigenvalue weighted by Gasteiger charge is 2.25. The molecule has 0 saturated heterocycles. The van der Waals surface area contributed by atoms with Crippen molar-refractivity contribution in [3.8, 4) is 5.75 Å². The van der Waals surface area contributed by atoms with Crippen molar-refractivity contribution in [3.05, 3.63) is 69.7 Å². The van der Waals surface area contributed by atoms with Gasteiger partial charge in [-0.1, -0.05) is 63.2 Å². The molecule has 0 saturated carbocycles. The van der Waals surface area contributed by atoms with E-state index in [9.17, 15) is 0 Å². The SMILES string of the molecule is C=C(c1ccc(C)cc1)c1c(C(C)(C)C)ccc(Br)c1O[SiH](C)C. The average molecular weight is 403 g/mol. The van der Waals surface area contributed by atoms with Crippen molar-refractivity contribution < 1.29 is 4.43 Å². The molecule has 0 amide bonds. The molecule has 0 aliphatic heterocycles. The van der Waals surface area contributed by atoms with Crippen molar-refractivity contribution in [2.45, 2.75) is 46.2 Å². The van der Waals surface area contributed by atoms with Crippen LogP contribution in [0.2, 0.25) is 13.1 Å². The fraction of sp³-hybridized carbons (Fsp3) is 0.333. The maximum absolute atomic E-state index is 6.31. The lowest BCUT2D eigenvalue weighted by molar-refractivity contribution is 0.554. The van der Waals surface area contributed by atoms with E-state index in [-0.39, 0.29) is 5.41 Å². The van der Waals surface area contributed by atoms with Gasteiger partial charge in [-0.3, -0.25) is 0 Å². The van der Waals surface area contributed by atoms with Gasteiger partial charge in [0.2, 0.25) is 9.04 Å². The van der Waals surface area contributed by atoms with Gasteiger partial charge in [-0.05, 0) is 64.1 Å². The molecule has 1 nitrogen and oxygen atoms in total.